The average Bonchev–Trinajstić information content (AvgIpc) is 4.29. The first-order chi connectivity index (χ1) is 37.4. The summed E-state index contributed by atoms with van der Waals surface area (Å²) in [5.74, 6) is 0. The summed E-state index contributed by atoms with van der Waals surface area (Å²) in [5.41, 5.74) is 17.9. The highest BCUT2D eigenvalue weighted by atomic mass is 79.9. The molecule has 0 bridgehead atoms. The van der Waals surface area contributed by atoms with Crippen molar-refractivity contribution in [1.82, 2.24) is 14.1 Å². The average molecular weight is 1040 g/mol. The minimum Gasteiger partial charge on any atom is -0.423 e. The van der Waals surface area contributed by atoms with E-state index in [0.717, 1.165) is 38.4 Å². The van der Waals surface area contributed by atoms with E-state index in [1.54, 1.807) is 6.07 Å². The summed E-state index contributed by atoms with van der Waals surface area (Å²) in [4.78, 5) is 3.38. The minimum absolute atomic E-state index is 0.499. The lowest BCUT2D eigenvalue weighted by Gasteiger charge is -2.10. The van der Waals surface area contributed by atoms with Gasteiger partial charge < -0.3 is 24.2 Å². The van der Waals surface area contributed by atoms with Gasteiger partial charge in [-0.1, -0.05) is 186 Å². The fourth-order valence-corrected chi connectivity index (χ4v) is 12.0. The maximum atomic E-state index is 9.55. The van der Waals surface area contributed by atoms with Gasteiger partial charge in [0.1, 0.15) is 0 Å². The molecule has 16 rings (SSSR count). The molecule has 0 saturated carbocycles. The van der Waals surface area contributed by atoms with Crippen molar-refractivity contribution in [2.24, 2.45) is 0 Å². The fourth-order valence-electron chi connectivity index (χ4n) is 11.6. The number of hydrogen-bond acceptors (Lipinski definition) is 2. The number of H-pyrrole nitrogens is 1. The van der Waals surface area contributed by atoms with E-state index in [0.29, 0.717) is 5.46 Å². The highest BCUT2D eigenvalue weighted by Gasteiger charge is 2.20. The Morgan fingerprint density at radius 1 is 0.355 bits per heavy atom. The van der Waals surface area contributed by atoms with Crippen molar-refractivity contribution in [1.29, 1.82) is 0 Å². The van der Waals surface area contributed by atoms with Gasteiger partial charge >= 0.3 is 7.12 Å². The number of nitrogens with one attached hydrogen (secondary N) is 1. The Morgan fingerprint density at radius 3 is 1.55 bits per heavy atom. The Morgan fingerprint density at radius 2 is 0.868 bits per heavy atom. The summed E-state index contributed by atoms with van der Waals surface area (Å²) in [5, 5.41) is 31.3. The highest BCUT2D eigenvalue weighted by molar-refractivity contribution is 9.10. The van der Waals surface area contributed by atoms with Crippen molar-refractivity contribution >= 4 is 115 Å². The number of para-hydroxylation sites is 3. The maximum Gasteiger partial charge on any atom is 0.488 e. The molecule has 0 fully saturated rings. The summed E-state index contributed by atoms with van der Waals surface area (Å²) < 4.78 is 5.75. The van der Waals surface area contributed by atoms with Crippen LogP contribution in [0.1, 0.15) is 11.1 Å². The second-order valence-corrected chi connectivity index (χ2v) is 20.6. The molecule has 0 aliphatic heterocycles. The fraction of sp³-hybridized carbons (Fsp3) is 0.0145. The van der Waals surface area contributed by atoms with Crippen LogP contribution in [0.2, 0.25) is 0 Å². The number of halogens is 1. The van der Waals surface area contributed by atoms with Gasteiger partial charge in [-0.3, -0.25) is 0 Å². The number of rotatable bonds is 4. The molecular weight excluding hydrogens is 993 g/mol. The van der Waals surface area contributed by atoms with Crippen LogP contribution in [0.25, 0.3) is 121 Å². The number of hydrogen-bond donors (Lipinski definition) is 3. The lowest BCUT2D eigenvalue weighted by atomic mass is 9.80. The zero-order chi connectivity index (χ0) is 50.9. The third-order valence-corrected chi connectivity index (χ3v) is 15.7. The van der Waals surface area contributed by atoms with Crippen molar-refractivity contribution in [3.8, 4) is 33.6 Å². The summed E-state index contributed by atoms with van der Waals surface area (Å²) in [7, 11) is -1.47. The largest absolute Gasteiger partial charge is 0.488 e. The second kappa shape index (κ2) is 18.7. The topological polar surface area (TPSA) is 66.1 Å². The zero-order valence-electron chi connectivity index (χ0n) is 41.2. The van der Waals surface area contributed by atoms with Gasteiger partial charge in [-0.05, 0) is 152 Å². The first-order valence-corrected chi connectivity index (χ1v) is 26.5. The molecule has 360 valence electrons. The molecule has 3 aromatic heterocycles. The Hall–Kier alpha value is -8.98. The number of aromatic amines is 1. The Labute approximate surface area is 447 Å². The van der Waals surface area contributed by atoms with E-state index < -0.39 is 7.12 Å². The molecule has 0 radical (unpaired) electrons. The van der Waals surface area contributed by atoms with Crippen molar-refractivity contribution in [2.45, 2.75) is 6.42 Å². The van der Waals surface area contributed by atoms with Crippen LogP contribution in [-0.4, -0.2) is 31.3 Å². The molecule has 0 atom stereocenters. The van der Waals surface area contributed by atoms with E-state index in [1.165, 1.54) is 104 Å². The lowest BCUT2D eigenvalue weighted by molar-refractivity contribution is 0.426. The standard InChI is InChI=1S/C35H23N.C22H16BNO2.C12H8BrN/c1-2-8-24-20-29(17-15-23(24)7-1)36-34-12-6-5-11-31(34)33-22-26(16-18-35(33)36)25-13-14-28-19-27-9-3-4-10-30(27)32(28)21-25;25-23(26)17-10-12-22-20(14-17)19-7-3-4-8-21(19)24(22)18-11-9-15-5-1-2-6-16(15)13-18;13-8-5-6-12-10(7-8)9-3-1-2-4-11(9)14-12/h1-18,20-22H,19H2;1-14,25-26H;1-7,14H. The van der Waals surface area contributed by atoms with Crippen LogP contribution in [0.4, 0.5) is 0 Å². The van der Waals surface area contributed by atoms with Crippen LogP contribution in [0.15, 0.2) is 259 Å². The molecule has 3 N–H and O–H groups in total. The summed E-state index contributed by atoms with van der Waals surface area (Å²) >= 11 is 3.49. The SMILES string of the molecule is Brc1ccc2[nH]c3ccccc3c2c1.OB(O)c1ccc2c(c1)c1ccccc1n2-c1ccc2ccccc2c1.c1ccc2c(c1)Cc1ccc(-c3ccc4c(c3)c3ccccc3n4-c3ccc4ccccc4c3)cc1-2. The number of fused-ring (bicyclic) bond motifs is 14. The van der Waals surface area contributed by atoms with Gasteiger partial charge in [0, 0.05) is 59.2 Å². The van der Waals surface area contributed by atoms with E-state index in [-0.39, 0.29) is 0 Å². The predicted molar refractivity (Wildman–Crippen MR) is 324 cm³/mol. The molecule has 12 aromatic carbocycles. The zero-order valence-corrected chi connectivity index (χ0v) is 42.8. The summed E-state index contributed by atoms with van der Waals surface area (Å²) in [6.07, 6.45) is 1.03. The van der Waals surface area contributed by atoms with Crippen LogP contribution < -0.4 is 5.46 Å². The van der Waals surface area contributed by atoms with Gasteiger partial charge in [0.15, 0.2) is 0 Å². The lowest BCUT2D eigenvalue weighted by Crippen LogP contribution is -2.29. The molecule has 76 heavy (non-hydrogen) atoms. The summed E-state index contributed by atoms with van der Waals surface area (Å²) in [6, 6.07) is 90.0. The quantitative estimate of drug-likeness (QED) is 0.154. The monoisotopic (exact) mass is 1040 g/mol. The molecule has 1 aliphatic rings. The highest BCUT2D eigenvalue weighted by Crippen LogP contribution is 2.41. The van der Waals surface area contributed by atoms with Crippen LogP contribution in [0.5, 0.6) is 0 Å². The van der Waals surface area contributed by atoms with Crippen molar-refractivity contribution in [3.05, 3.63) is 270 Å². The van der Waals surface area contributed by atoms with E-state index in [4.69, 9.17) is 0 Å². The normalized spacial score (nSPS) is 11.8. The van der Waals surface area contributed by atoms with E-state index in [9.17, 15) is 10.0 Å². The molecular formula is C69H47BBrN3O2. The Balaban J connectivity index is 0.000000115. The second-order valence-electron chi connectivity index (χ2n) is 19.7. The molecule has 0 amide bonds. The molecule has 1 aliphatic carbocycles. The Kier molecular flexibility index (Phi) is 11.3. The smallest absolute Gasteiger partial charge is 0.423 e. The molecule has 0 spiro atoms. The van der Waals surface area contributed by atoms with Crippen LogP contribution in [0.3, 0.4) is 0 Å². The number of benzene rings is 12. The molecule has 7 heteroatoms. The van der Waals surface area contributed by atoms with E-state index in [1.807, 2.05) is 42.5 Å². The molecule has 0 saturated heterocycles. The van der Waals surface area contributed by atoms with E-state index in [2.05, 4.69) is 236 Å². The van der Waals surface area contributed by atoms with Gasteiger partial charge in [0.25, 0.3) is 0 Å². The van der Waals surface area contributed by atoms with Crippen molar-refractivity contribution < 1.29 is 10.0 Å². The van der Waals surface area contributed by atoms with Gasteiger partial charge in [-0.2, -0.15) is 0 Å². The minimum atomic E-state index is -1.47. The third kappa shape index (κ3) is 7.96. The number of aromatic nitrogens is 3. The van der Waals surface area contributed by atoms with Gasteiger partial charge in [0.2, 0.25) is 0 Å². The van der Waals surface area contributed by atoms with Crippen molar-refractivity contribution in [3.63, 3.8) is 0 Å². The number of nitrogens with zero attached hydrogens (tertiary/aromatic N) is 2. The van der Waals surface area contributed by atoms with E-state index >= 15 is 0 Å². The van der Waals surface area contributed by atoms with Crippen molar-refractivity contribution in [2.75, 3.05) is 0 Å². The van der Waals surface area contributed by atoms with Gasteiger partial charge in [-0.25, -0.2) is 0 Å². The predicted octanol–water partition coefficient (Wildman–Crippen LogP) is 16.9. The summed E-state index contributed by atoms with van der Waals surface area (Å²) in [6.45, 7) is 0. The van der Waals surface area contributed by atoms with Gasteiger partial charge in [-0.15, -0.1) is 0 Å². The van der Waals surface area contributed by atoms with Crippen LogP contribution in [0, 0.1) is 0 Å². The maximum absolute atomic E-state index is 9.55. The molecule has 0 unspecified atom stereocenters. The molecule has 3 heterocycles. The van der Waals surface area contributed by atoms with Crippen LogP contribution in [-0.2, 0) is 6.42 Å². The molecule has 5 nitrogen and oxygen atoms in total. The first-order valence-electron chi connectivity index (χ1n) is 25.7. The Bertz CT molecular complexity index is 4760. The molecule has 15 aromatic rings. The first kappa shape index (κ1) is 45.6. The van der Waals surface area contributed by atoms with Gasteiger partial charge in [0.05, 0.1) is 22.1 Å². The van der Waals surface area contributed by atoms with Crippen LogP contribution >= 0.6 is 15.9 Å². The third-order valence-electron chi connectivity index (χ3n) is 15.2.